The number of carboxylic acids is 1. The van der Waals surface area contributed by atoms with E-state index in [1.54, 1.807) is 37.5 Å². The largest absolute Gasteiger partial charge is 0.478 e. The van der Waals surface area contributed by atoms with Crippen LogP contribution in [0.2, 0.25) is 5.02 Å². The normalized spacial score (nSPS) is 12.0. The van der Waals surface area contributed by atoms with Crippen molar-refractivity contribution in [2.45, 2.75) is 26.8 Å². The fourth-order valence-electron chi connectivity index (χ4n) is 3.79. The molecule has 0 aliphatic heterocycles. The topological polar surface area (TPSA) is 92.4 Å². The summed E-state index contributed by atoms with van der Waals surface area (Å²) >= 11 is 5.98. The van der Waals surface area contributed by atoms with Crippen molar-refractivity contribution in [1.82, 2.24) is 4.98 Å². The van der Waals surface area contributed by atoms with Gasteiger partial charge in [-0.05, 0) is 62.7 Å². The Balaban J connectivity index is 1.88. The molecule has 0 radical (unpaired) electrons. The van der Waals surface area contributed by atoms with E-state index in [1.165, 1.54) is 6.07 Å². The van der Waals surface area contributed by atoms with E-state index in [0.29, 0.717) is 38.6 Å². The molecule has 0 fully saturated rings. The summed E-state index contributed by atoms with van der Waals surface area (Å²) in [6, 6.07) is 11.7. The lowest BCUT2D eigenvalue weighted by atomic mass is 9.99. The first kappa shape index (κ1) is 21.6. The molecule has 1 atom stereocenters. The highest BCUT2D eigenvalue weighted by atomic mass is 35.5. The van der Waals surface area contributed by atoms with Crippen molar-refractivity contribution in [3.05, 3.63) is 92.4 Å². The Hall–Kier alpha value is -3.64. The van der Waals surface area contributed by atoms with Gasteiger partial charge in [-0.3, -0.25) is 9.78 Å². The maximum absolute atomic E-state index is 13.2. The zero-order valence-electron chi connectivity index (χ0n) is 17.8. The average Bonchev–Trinajstić information content (AvgIpc) is 2.77. The molecular formula is C25H21ClN2O4. The Bertz CT molecular complexity index is 1400. The number of carboxylic acid groups (broad SMARTS) is 1. The molecule has 32 heavy (non-hydrogen) atoms. The minimum atomic E-state index is -1.09. The van der Waals surface area contributed by atoms with Crippen molar-refractivity contribution < 1.29 is 14.3 Å². The first-order valence-corrected chi connectivity index (χ1v) is 10.4. The van der Waals surface area contributed by atoms with Gasteiger partial charge >= 0.3 is 5.97 Å². The molecule has 0 spiro atoms. The molecular weight excluding hydrogens is 428 g/mol. The number of anilines is 1. The summed E-state index contributed by atoms with van der Waals surface area (Å²) in [7, 11) is 0. The van der Waals surface area contributed by atoms with Gasteiger partial charge in [0.1, 0.15) is 11.3 Å². The number of carbonyl (C=O) groups is 1. The van der Waals surface area contributed by atoms with Crippen LogP contribution in [-0.4, -0.2) is 16.1 Å². The third kappa shape index (κ3) is 3.97. The molecule has 0 aliphatic rings. The van der Waals surface area contributed by atoms with Crippen LogP contribution in [0.5, 0.6) is 0 Å². The average molecular weight is 449 g/mol. The number of hydrogen-bond acceptors (Lipinski definition) is 5. The number of hydrogen-bond donors (Lipinski definition) is 2. The van der Waals surface area contributed by atoms with Gasteiger partial charge in [0.05, 0.1) is 17.0 Å². The Morgan fingerprint density at radius 3 is 2.66 bits per heavy atom. The smallest absolute Gasteiger partial charge is 0.337 e. The van der Waals surface area contributed by atoms with Gasteiger partial charge < -0.3 is 14.8 Å². The number of aromatic nitrogens is 1. The summed E-state index contributed by atoms with van der Waals surface area (Å²) in [4.78, 5) is 29.0. The summed E-state index contributed by atoms with van der Waals surface area (Å²) in [5.41, 5.74) is 3.69. The van der Waals surface area contributed by atoms with Crippen LogP contribution in [0.25, 0.3) is 22.3 Å². The molecule has 2 heterocycles. The van der Waals surface area contributed by atoms with E-state index in [1.807, 2.05) is 32.0 Å². The number of fused-ring (bicyclic) bond motifs is 1. The zero-order chi connectivity index (χ0) is 23.0. The van der Waals surface area contributed by atoms with Gasteiger partial charge in [0, 0.05) is 39.8 Å². The molecule has 0 saturated heterocycles. The summed E-state index contributed by atoms with van der Waals surface area (Å²) in [5.74, 6) is -0.622. The molecule has 2 N–H and O–H groups in total. The molecule has 6 nitrogen and oxygen atoms in total. The van der Waals surface area contributed by atoms with E-state index in [2.05, 4.69) is 10.3 Å². The minimum absolute atomic E-state index is 0.0645. The van der Waals surface area contributed by atoms with Crippen LogP contribution in [0.15, 0.2) is 64.1 Å². The fraction of sp³-hybridized carbons (Fsp3) is 0.160. The maximum Gasteiger partial charge on any atom is 0.337 e. The molecule has 0 bridgehead atoms. The molecule has 4 rings (SSSR count). The standard InChI is InChI=1S/C25H21ClN2O4/c1-13-9-18(15(3)28-21-7-6-17(26)11-19(21)25(30)31)24-20(10-13)22(29)14(2)23(32-24)16-5-4-8-27-12-16/h4-12,15,28H,1-3H3,(H,30,31). The van der Waals surface area contributed by atoms with Crippen LogP contribution >= 0.6 is 11.6 Å². The highest BCUT2D eigenvalue weighted by Crippen LogP contribution is 2.33. The van der Waals surface area contributed by atoms with Crippen LogP contribution in [-0.2, 0) is 0 Å². The van der Waals surface area contributed by atoms with Crippen molar-refractivity contribution >= 4 is 34.2 Å². The van der Waals surface area contributed by atoms with Crippen molar-refractivity contribution in [1.29, 1.82) is 0 Å². The molecule has 0 aliphatic carbocycles. The number of aromatic carboxylic acids is 1. The molecule has 0 saturated carbocycles. The Morgan fingerprint density at radius 1 is 1.19 bits per heavy atom. The van der Waals surface area contributed by atoms with Crippen molar-refractivity contribution in [2.75, 3.05) is 5.32 Å². The molecule has 7 heteroatoms. The fourth-order valence-corrected chi connectivity index (χ4v) is 3.96. The lowest BCUT2D eigenvalue weighted by Crippen LogP contribution is -2.14. The predicted molar refractivity (Wildman–Crippen MR) is 126 cm³/mol. The lowest BCUT2D eigenvalue weighted by Gasteiger charge is -2.20. The van der Waals surface area contributed by atoms with E-state index in [9.17, 15) is 14.7 Å². The Labute approximate surface area is 189 Å². The van der Waals surface area contributed by atoms with Crippen LogP contribution in [0.1, 0.15) is 40.0 Å². The molecule has 1 unspecified atom stereocenters. The highest BCUT2D eigenvalue weighted by molar-refractivity contribution is 6.31. The van der Waals surface area contributed by atoms with Crippen molar-refractivity contribution in [2.24, 2.45) is 0 Å². The predicted octanol–water partition coefficient (Wildman–Crippen LogP) is 6.00. The number of benzene rings is 2. The third-order valence-electron chi connectivity index (χ3n) is 5.37. The summed E-state index contributed by atoms with van der Waals surface area (Å²) in [6.07, 6.45) is 3.31. The van der Waals surface area contributed by atoms with E-state index in [-0.39, 0.29) is 17.0 Å². The second kappa shape index (κ2) is 8.48. The second-order valence-electron chi connectivity index (χ2n) is 7.72. The number of pyridine rings is 1. The summed E-state index contributed by atoms with van der Waals surface area (Å²) in [5, 5.41) is 13.6. The van der Waals surface area contributed by atoms with Crippen molar-refractivity contribution in [3.63, 3.8) is 0 Å². The highest BCUT2D eigenvalue weighted by Gasteiger charge is 2.20. The van der Waals surface area contributed by atoms with Gasteiger partial charge in [-0.25, -0.2) is 4.79 Å². The molecule has 2 aromatic heterocycles. The van der Waals surface area contributed by atoms with Crippen LogP contribution in [0, 0.1) is 13.8 Å². The van der Waals surface area contributed by atoms with Gasteiger partial charge in [-0.15, -0.1) is 0 Å². The second-order valence-corrected chi connectivity index (χ2v) is 8.16. The number of rotatable bonds is 5. The lowest BCUT2D eigenvalue weighted by molar-refractivity contribution is 0.0698. The zero-order valence-corrected chi connectivity index (χ0v) is 18.5. The molecule has 162 valence electrons. The molecule has 0 amide bonds. The molecule has 2 aromatic carbocycles. The van der Waals surface area contributed by atoms with Gasteiger partial charge in [0.2, 0.25) is 0 Å². The minimum Gasteiger partial charge on any atom is -0.478 e. The van der Waals surface area contributed by atoms with Gasteiger partial charge in [0.15, 0.2) is 5.43 Å². The summed E-state index contributed by atoms with van der Waals surface area (Å²) in [6.45, 7) is 5.53. The molecule has 4 aromatic rings. The third-order valence-corrected chi connectivity index (χ3v) is 5.60. The van der Waals surface area contributed by atoms with E-state index < -0.39 is 5.97 Å². The number of aryl methyl sites for hydroxylation is 1. The van der Waals surface area contributed by atoms with E-state index >= 15 is 0 Å². The van der Waals surface area contributed by atoms with E-state index in [4.69, 9.17) is 16.0 Å². The monoisotopic (exact) mass is 448 g/mol. The summed E-state index contributed by atoms with van der Waals surface area (Å²) < 4.78 is 6.28. The quantitative estimate of drug-likeness (QED) is 0.389. The number of nitrogens with zero attached hydrogens (tertiary/aromatic N) is 1. The number of halogens is 1. The van der Waals surface area contributed by atoms with Gasteiger partial charge in [0.25, 0.3) is 0 Å². The SMILES string of the molecule is Cc1cc(C(C)Nc2ccc(Cl)cc2C(=O)O)c2oc(-c3cccnc3)c(C)c(=O)c2c1. The van der Waals surface area contributed by atoms with Gasteiger partial charge in [-0.1, -0.05) is 17.7 Å². The maximum atomic E-state index is 13.2. The Kier molecular flexibility index (Phi) is 5.72. The van der Waals surface area contributed by atoms with Crippen molar-refractivity contribution in [3.8, 4) is 11.3 Å². The van der Waals surface area contributed by atoms with Crippen LogP contribution in [0.3, 0.4) is 0 Å². The van der Waals surface area contributed by atoms with Gasteiger partial charge in [-0.2, -0.15) is 0 Å². The van der Waals surface area contributed by atoms with Crippen LogP contribution in [0.4, 0.5) is 5.69 Å². The number of nitrogens with one attached hydrogen (secondary N) is 1. The van der Waals surface area contributed by atoms with Crippen LogP contribution < -0.4 is 10.7 Å². The van der Waals surface area contributed by atoms with E-state index in [0.717, 1.165) is 11.1 Å². The first-order chi connectivity index (χ1) is 15.3. The first-order valence-electron chi connectivity index (χ1n) is 10.0. The Morgan fingerprint density at radius 2 is 1.97 bits per heavy atom.